The molecule has 1 atom stereocenters. The Morgan fingerprint density at radius 2 is 1.77 bits per heavy atom. The third-order valence-corrected chi connectivity index (χ3v) is 6.61. The SMILES string of the molecule is CCOC(=O)NC(=N)N(OCCC(C(N)=O)n1c(C)ccc(NS(=O)(=O)c2cccc(C)c2)c1=O)C(=O)OCC. The van der Waals surface area contributed by atoms with Crippen LogP contribution in [0.4, 0.5) is 15.3 Å². The van der Waals surface area contributed by atoms with E-state index in [1.807, 2.05) is 5.32 Å². The molecule has 2 rings (SSSR count). The van der Waals surface area contributed by atoms with Gasteiger partial charge in [-0.05, 0) is 57.5 Å². The van der Waals surface area contributed by atoms with Gasteiger partial charge < -0.3 is 15.2 Å². The highest BCUT2D eigenvalue weighted by Gasteiger charge is 2.27. The molecule has 1 unspecified atom stereocenters. The number of nitrogens with one attached hydrogen (secondary N) is 3. The van der Waals surface area contributed by atoms with Gasteiger partial charge in [-0.15, -0.1) is 5.06 Å². The van der Waals surface area contributed by atoms with Gasteiger partial charge in [0, 0.05) is 12.1 Å². The summed E-state index contributed by atoms with van der Waals surface area (Å²) >= 11 is 0. The maximum absolute atomic E-state index is 13.3. The third kappa shape index (κ3) is 8.28. The quantitative estimate of drug-likeness (QED) is 0.173. The van der Waals surface area contributed by atoms with E-state index in [1.165, 1.54) is 38.1 Å². The molecule has 0 aliphatic carbocycles. The summed E-state index contributed by atoms with van der Waals surface area (Å²) in [4.78, 5) is 54.8. The van der Waals surface area contributed by atoms with Crippen molar-refractivity contribution in [3.63, 3.8) is 0 Å². The first-order chi connectivity index (χ1) is 18.8. The molecular weight excluding hydrogens is 548 g/mol. The zero-order chi connectivity index (χ0) is 30.0. The zero-order valence-electron chi connectivity index (χ0n) is 22.4. The van der Waals surface area contributed by atoms with Crippen molar-refractivity contribution in [3.8, 4) is 0 Å². The lowest BCUT2D eigenvalue weighted by atomic mass is 10.1. The largest absolute Gasteiger partial charge is 0.450 e. The maximum atomic E-state index is 13.3. The van der Waals surface area contributed by atoms with Crippen molar-refractivity contribution in [1.29, 1.82) is 5.41 Å². The molecule has 5 N–H and O–H groups in total. The summed E-state index contributed by atoms with van der Waals surface area (Å²) in [6.45, 7) is 5.76. The van der Waals surface area contributed by atoms with Crippen molar-refractivity contribution in [2.24, 2.45) is 5.73 Å². The molecule has 16 heteroatoms. The van der Waals surface area contributed by atoms with E-state index < -0.39 is 52.3 Å². The summed E-state index contributed by atoms with van der Waals surface area (Å²) in [7, 11) is -4.13. The van der Waals surface area contributed by atoms with Crippen LogP contribution in [0, 0.1) is 19.3 Å². The number of hydrogen-bond acceptors (Lipinski definition) is 10. The molecule has 3 amide bonds. The van der Waals surface area contributed by atoms with E-state index in [1.54, 1.807) is 26.0 Å². The van der Waals surface area contributed by atoms with Crippen molar-refractivity contribution in [1.82, 2.24) is 14.9 Å². The van der Waals surface area contributed by atoms with Gasteiger partial charge in [-0.1, -0.05) is 12.1 Å². The molecule has 1 aromatic heterocycles. The number of sulfonamides is 1. The van der Waals surface area contributed by atoms with E-state index in [0.29, 0.717) is 10.6 Å². The highest BCUT2D eigenvalue weighted by molar-refractivity contribution is 7.92. The number of aromatic nitrogens is 1. The van der Waals surface area contributed by atoms with Crippen molar-refractivity contribution in [3.05, 3.63) is 58.0 Å². The van der Waals surface area contributed by atoms with Crippen molar-refractivity contribution in [2.75, 3.05) is 24.5 Å². The van der Waals surface area contributed by atoms with E-state index in [2.05, 4.69) is 9.46 Å². The van der Waals surface area contributed by atoms with Gasteiger partial charge in [-0.25, -0.2) is 18.0 Å². The lowest BCUT2D eigenvalue weighted by Crippen LogP contribution is -2.47. The number of nitrogens with two attached hydrogens (primary N) is 1. The van der Waals surface area contributed by atoms with Gasteiger partial charge in [0.2, 0.25) is 11.9 Å². The van der Waals surface area contributed by atoms with Crippen molar-refractivity contribution < 1.29 is 37.1 Å². The van der Waals surface area contributed by atoms with Crippen LogP contribution < -0.4 is 21.3 Å². The number of pyridine rings is 1. The van der Waals surface area contributed by atoms with Gasteiger partial charge in [0.05, 0.1) is 24.7 Å². The molecule has 0 spiro atoms. The van der Waals surface area contributed by atoms with Crippen molar-refractivity contribution >= 4 is 39.8 Å². The monoisotopic (exact) mass is 580 g/mol. The number of hydroxylamine groups is 2. The van der Waals surface area contributed by atoms with E-state index in [4.69, 9.17) is 20.7 Å². The Kier molecular flexibility index (Phi) is 11.2. The lowest BCUT2D eigenvalue weighted by molar-refractivity contribution is -0.124. The lowest BCUT2D eigenvalue weighted by Gasteiger charge is -2.24. The van der Waals surface area contributed by atoms with Crippen LogP contribution >= 0.6 is 0 Å². The van der Waals surface area contributed by atoms with Crippen LogP contribution in [0.25, 0.3) is 0 Å². The normalized spacial score (nSPS) is 11.7. The van der Waals surface area contributed by atoms with Crippen LogP contribution in [0.1, 0.15) is 37.6 Å². The average Bonchev–Trinajstić information content (AvgIpc) is 2.87. The first-order valence-corrected chi connectivity index (χ1v) is 13.5. The number of primary amides is 1. The Labute approximate surface area is 230 Å². The number of hydrogen-bond donors (Lipinski definition) is 4. The summed E-state index contributed by atoms with van der Waals surface area (Å²) in [6, 6.07) is 7.43. The van der Waals surface area contributed by atoms with Crippen LogP contribution in [0.3, 0.4) is 0 Å². The van der Waals surface area contributed by atoms with Crippen LogP contribution in [0.5, 0.6) is 0 Å². The van der Waals surface area contributed by atoms with Gasteiger partial charge in [-0.2, -0.15) is 0 Å². The minimum atomic E-state index is -4.13. The second-order valence-corrected chi connectivity index (χ2v) is 9.90. The van der Waals surface area contributed by atoms with Crippen LogP contribution in [-0.2, 0) is 29.1 Å². The molecule has 0 saturated carbocycles. The number of alkyl carbamates (subject to hydrolysis) is 1. The summed E-state index contributed by atoms with van der Waals surface area (Å²) < 4.78 is 38.5. The fraction of sp³-hybridized carbons (Fsp3) is 0.375. The topological polar surface area (TPSA) is 212 Å². The minimum absolute atomic E-state index is 0.00792. The molecule has 2 aromatic rings. The molecule has 1 heterocycles. The number of rotatable bonds is 11. The Bertz CT molecular complexity index is 1420. The van der Waals surface area contributed by atoms with Gasteiger partial charge in [0.15, 0.2) is 0 Å². The highest BCUT2D eigenvalue weighted by Crippen LogP contribution is 2.18. The van der Waals surface area contributed by atoms with Crippen LogP contribution in [0.2, 0.25) is 0 Å². The summed E-state index contributed by atoms with van der Waals surface area (Å²) in [5, 5.41) is 10.3. The molecule has 0 radical (unpaired) electrons. The van der Waals surface area contributed by atoms with Gasteiger partial charge in [-0.3, -0.25) is 34.4 Å². The molecule has 0 saturated heterocycles. The smallest absolute Gasteiger partial charge is 0.441 e. The van der Waals surface area contributed by atoms with E-state index in [0.717, 1.165) is 4.57 Å². The zero-order valence-corrected chi connectivity index (χ0v) is 23.2. The van der Waals surface area contributed by atoms with E-state index >= 15 is 0 Å². The summed E-state index contributed by atoms with van der Waals surface area (Å²) in [5.41, 5.74) is 5.37. The molecule has 0 fully saturated rings. The molecule has 15 nitrogen and oxygen atoms in total. The minimum Gasteiger partial charge on any atom is -0.450 e. The Hall–Kier alpha value is -4.44. The maximum Gasteiger partial charge on any atom is 0.441 e. The number of aryl methyl sites for hydroxylation is 2. The second kappa shape index (κ2) is 14.1. The third-order valence-electron chi connectivity index (χ3n) is 5.25. The molecule has 218 valence electrons. The Morgan fingerprint density at radius 3 is 2.38 bits per heavy atom. The number of carbonyl (C=O) groups excluding carboxylic acids is 3. The van der Waals surface area contributed by atoms with Crippen molar-refractivity contribution in [2.45, 2.75) is 45.1 Å². The molecular formula is C24H32N6O9S. The molecule has 0 aliphatic rings. The van der Waals surface area contributed by atoms with E-state index in [9.17, 15) is 27.6 Å². The number of benzene rings is 1. The Morgan fingerprint density at radius 1 is 1.10 bits per heavy atom. The standard InChI is InChI=1S/C24H32N6O9S/c1-5-37-23(33)27-22(26)30(24(34)38-6-2)39-13-12-19(20(25)31)29-16(4)10-11-18(21(29)32)28-40(35,36)17-9-7-8-15(3)14-17/h7-11,14,19,28H,5-6,12-13H2,1-4H3,(H2,25,31)(H2,26,27,33). The fourth-order valence-corrected chi connectivity index (χ4v) is 4.62. The predicted octanol–water partition coefficient (Wildman–Crippen LogP) is 1.75. The summed E-state index contributed by atoms with van der Waals surface area (Å²) in [5.74, 6) is -1.77. The average molecular weight is 581 g/mol. The van der Waals surface area contributed by atoms with Gasteiger partial charge >= 0.3 is 12.2 Å². The van der Waals surface area contributed by atoms with Gasteiger partial charge in [0.1, 0.15) is 11.7 Å². The number of amides is 3. The highest BCUT2D eigenvalue weighted by atomic mass is 32.2. The van der Waals surface area contributed by atoms with Crippen LogP contribution in [-0.4, -0.2) is 61.9 Å². The number of anilines is 1. The Balaban J connectivity index is 2.30. The number of carbonyl (C=O) groups is 3. The number of guanidine groups is 1. The predicted molar refractivity (Wildman–Crippen MR) is 143 cm³/mol. The first kappa shape index (κ1) is 31.8. The molecule has 40 heavy (non-hydrogen) atoms. The summed E-state index contributed by atoms with van der Waals surface area (Å²) in [6.07, 6.45) is -2.44. The molecule has 0 bridgehead atoms. The first-order valence-electron chi connectivity index (χ1n) is 12.0. The number of ether oxygens (including phenoxy) is 2. The molecule has 0 aliphatic heterocycles. The second-order valence-electron chi connectivity index (χ2n) is 8.21. The van der Waals surface area contributed by atoms with Gasteiger partial charge in [0.25, 0.3) is 15.6 Å². The fourth-order valence-electron chi connectivity index (χ4n) is 3.46. The van der Waals surface area contributed by atoms with Crippen LogP contribution in [0.15, 0.2) is 46.1 Å². The molecule has 1 aromatic carbocycles. The van der Waals surface area contributed by atoms with E-state index in [-0.39, 0.29) is 35.9 Å². The number of nitrogens with zero attached hydrogens (tertiary/aromatic N) is 2.